The van der Waals surface area contributed by atoms with Crippen LogP contribution in [-0.4, -0.2) is 0 Å². The van der Waals surface area contributed by atoms with Crippen molar-refractivity contribution in [2.24, 2.45) is 11.8 Å². The second-order valence-electron chi connectivity index (χ2n) is 4.74. The fourth-order valence-electron chi connectivity index (χ4n) is 2.88. The first-order chi connectivity index (χ1) is 5.84. The van der Waals surface area contributed by atoms with E-state index in [1.807, 2.05) is 0 Å². The topological polar surface area (TPSA) is 0 Å². The number of rotatable bonds is 0. The largest absolute Gasteiger partial charge is 0.0853 e. The predicted octanol–water partition coefficient (Wildman–Crippen LogP) is 3.92. The first-order valence-corrected chi connectivity index (χ1v) is 5.50. The standard InChI is InChI=1S/C12H20/c1-10-6-7-11-4-2-3-5-12(8-10)9-11/h6,11-12H,2-5,7-9H2,1H3. The number of allylic oxidation sites excluding steroid dienone is 2. The van der Waals surface area contributed by atoms with Gasteiger partial charge in [-0.25, -0.2) is 0 Å². The van der Waals surface area contributed by atoms with Gasteiger partial charge in [-0.05, 0) is 38.0 Å². The Kier molecular flexibility index (Phi) is 2.53. The van der Waals surface area contributed by atoms with E-state index in [1.165, 1.54) is 44.9 Å². The lowest BCUT2D eigenvalue weighted by molar-refractivity contribution is 0.388. The molecule has 0 heteroatoms. The maximum atomic E-state index is 2.50. The fourth-order valence-corrected chi connectivity index (χ4v) is 2.88. The summed E-state index contributed by atoms with van der Waals surface area (Å²) in [6, 6.07) is 0. The molecule has 0 amide bonds. The van der Waals surface area contributed by atoms with Gasteiger partial charge in [-0.2, -0.15) is 0 Å². The van der Waals surface area contributed by atoms with Crippen molar-refractivity contribution in [3.63, 3.8) is 0 Å². The van der Waals surface area contributed by atoms with E-state index < -0.39 is 0 Å². The summed E-state index contributed by atoms with van der Waals surface area (Å²) >= 11 is 0. The SMILES string of the molecule is CC1=CCC2CCCCC(C1)C2. The molecule has 0 aromatic rings. The molecule has 0 spiro atoms. The van der Waals surface area contributed by atoms with Crippen molar-refractivity contribution in [3.8, 4) is 0 Å². The van der Waals surface area contributed by atoms with E-state index in [9.17, 15) is 0 Å². The van der Waals surface area contributed by atoms with Gasteiger partial charge in [0.2, 0.25) is 0 Å². The number of hydrogen-bond donors (Lipinski definition) is 0. The summed E-state index contributed by atoms with van der Waals surface area (Å²) in [5.74, 6) is 2.08. The van der Waals surface area contributed by atoms with Gasteiger partial charge in [-0.15, -0.1) is 0 Å². The summed E-state index contributed by atoms with van der Waals surface area (Å²) in [7, 11) is 0. The molecule has 2 unspecified atom stereocenters. The molecule has 0 N–H and O–H groups in total. The number of hydrogen-bond acceptors (Lipinski definition) is 0. The van der Waals surface area contributed by atoms with Crippen LogP contribution >= 0.6 is 0 Å². The Balaban J connectivity index is 2.07. The monoisotopic (exact) mass is 164 g/mol. The van der Waals surface area contributed by atoms with Gasteiger partial charge in [0, 0.05) is 0 Å². The van der Waals surface area contributed by atoms with Gasteiger partial charge in [0.25, 0.3) is 0 Å². The third kappa shape index (κ3) is 1.91. The molecule has 0 nitrogen and oxygen atoms in total. The van der Waals surface area contributed by atoms with E-state index in [1.54, 1.807) is 5.57 Å². The highest BCUT2D eigenvalue weighted by molar-refractivity contribution is 5.03. The summed E-state index contributed by atoms with van der Waals surface area (Å²) in [6.45, 7) is 2.32. The van der Waals surface area contributed by atoms with Crippen LogP contribution in [0.3, 0.4) is 0 Å². The van der Waals surface area contributed by atoms with Crippen LogP contribution < -0.4 is 0 Å². The van der Waals surface area contributed by atoms with Crippen molar-refractivity contribution in [3.05, 3.63) is 11.6 Å². The van der Waals surface area contributed by atoms with Crippen molar-refractivity contribution in [2.45, 2.75) is 51.9 Å². The molecule has 2 rings (SSSR count). The predicted molar refractivity (Wildman–Crippen MR) is 53.1 cm³/mol. The van der Waals surface area contributed by atoms with E-state index in [-0.39, 0.29) is 0 Å². The molecule has 1 fully saturated rings. The third-order valence-electron chi connectivity index (χ3n) is 3.55. The average molecular weight is 164 g/mol. The maximum absolute atomic E-state index is 2.50. The second kappa shape index (κ2) is 3.64. The van der Waals surface area contributed by atoms with Crippen LogP contribution in [0.1, 0.15) is 51.9 Å². The maximum Gasteiger partial charge on any atom is -0.0294 e. The van der Waals surface area contributed by atoms with Gasteiger partial charge in [-0.1, -0.05) is 37.3 Å². The van der Waals surface area contributed by atoms with Gasteiger partial charge in [0.1, 0.15) is 0 Å². The molecule has 0 aromatic carbocycles. The van der Waals surface area contributed by atoms with E-state index in [4.69, 9.17) is 0 Å². The van der Waals surface area contributed by atoms with Crippen LogP contribution in [0.2, 0.25) is 0 Å². The molecule has 68 valence electrons. The minimum atomic E-state index is 1.04. The van der Waals surface area contributed by atoms with Crippen molar-refractivity contribution >= 4 is 0 Å². The molecule has 0 heterocycles. The van der Waals surface area contributed by atoms with Gasteiger partial charge in [0.15, 0.2) is 0 Å². The van der Waals surface area contributed by atoms with Crippen LogP contribution in [0.5, 0.6) is 0 Å². The van der Waals surface area contributed by atoms with Gasteiger partial charge in [-0.3, -0.25) is 0 Å². The molecule has 0 saturated heterocycles. The van der Waals surface area contributed by atoms with Crippen molar-refractivity contribution in [2.75, 3.05) is 0 Å². The van der Waals surface area contributed by atoms with Crippen LogP contribution in [0.15, 0.2) is 11.6 Å². The smallest absolute Gasteiger partial charge is 0.0294 e. The lowest BCUT2D eigenvalue weighted by Gasteiger charge is -2.14. The van der Waals surface area contributed by atoms with E-state index in [2.05, 4.69) is 13.0 Å². The third-order valence-corrected chi connectivity index (χ3v) is 3.55. The molecular weight excluding hydrogens is 144 g/mol. The Morgan fingerprint density at radius 2 is 1.92 bits per heavy atom. The zero-order valence-corrected chi connectivity index (χ0v) is 8.18. The number of fused-ring (bicyclic) bond motifs is 2. The molecule has 2 bridgehead atoms. The lowest BCUT2D eigenvalue weighted by atomic mass is 9.91. The first-order valence-electron chi connectivity index (χ1n) is 5.50. The summed E-state index contributed by atoms with van der Waals surface area (Å²) in [6.07, 6.45) is 12.8. The summed E-state index contributed by atoms with van der Waals surface area (Å²) in [5.41, 5.74) is 1.66. The Hall–Kier alpha value is -0.260. The highest BCUT2D eigenvalue weighted by Gasteiger charge is 2.21. The summed E-state index contributed by atoms with van der Waals surface area (Å²) in [4.78, 5) is 0. The molecule has 0 radical (unpaired) electrons. The molecular formula is C12H20. The normalized spacial score (nSPS) is 36.6. The van der Waals surface area contributed by atoms with Crippen LogP contribution in [0.25, 0.3) is 0 Å². The quantitative estimate of drug-likeness (QED) is 0.476. The Morgan fingerprint density at radius 1 is 1.17 bits per heavy atom. The minimum Gasteiger partial charge on any atom is -0.0853 e. The molecule has 0 aliphatic heterocycles. The summed E-state index contributed by atoms with van der Waals surface area (Å²) in [5, 5.41) is 0. The molecule has 2 aliphatic rings. The second-order valence-corrected chi connectivity index (χ2v) is 4.74. The van der Waals surface area contributed by atoms with E-state index in [0.29, 0.717) is 0 Å². The van der Waals surface area contributed by atoms with Gasteiger partial charge in [0.05, 0.1) is 0 Å². The molecule has 12 heavy (non-hydrogen) atoms. The highest BCUT2D eigenvalue weighted by atomic mass is 14.3. The zero-order valence-electron chi connectivity index (χ0n) is 8.18. The Morgan fingerprint density at radius 3 is 2.75 bits per heavy atom. The zero-order chi connectivity index (χ0) is 8.39. The molecule has 2 aliphatic carbocycles. The summed E-state index contributed by atoms with van der Waals surface area (Å²) < 4.78 is 0. The van der Waals surface area contributed by atoms with Crippen LogP contribution in [0.4, 0.5) is 0 Å². The minimum absolute atomic E-state index is 1.04. The lowest BCUT2D eigenvalue weighted by Crippen LogP contribution is -2.02. The average Bonchev–Trinajstić information content (AvgIpc) is 2.35. The Labute approximate surface area is 76.1 Å². The van der Waals surface area contributed by atoms with Gasteiger partial charge < -0.3 is 0 Å². The highest BCUT2D eigenvalue weighted by Crippen LogP contribution is 2.36. The van der Waals surface area contributed by atoms with Crippen LogP contribution in [0, 0.1) is 11.8 Å². The van der Waals surface area contributed by atoms with Gasteiger partial charge >= 0.3 is 0 Å². The van der Waals surface area contributed by atoms with E-state index in [0.717, 1.165) is 11.8 Å². The molecule has 0 aromatic heterocycles. The van der Waals surface area contributed by atoms with Crippen LogP contribution in [-0.2, 0) is 0 Å². The van der Waals surface area contributed by atoms with Crippen molar-refractivity contribution in [1.82, 2.24) is 0 Å². The molecule has 1 saturated carbocycles. The Bertz CT molecular complexity index is 178. The fraction of sp³-hybridized carbons (Fsp3) is 0.833. The van der Waals surface area contributed by atoms with Crippen molar-refractivity contribution < 1.29 is 0 Å². The van der Waals surface area contributed by atoms with E-state index >= 15 is 0 Å². The molecule has 2 atom stereocenters. The first kappa shape index (κ1) is 8.34. The van der Waals surface area contributed by atoms with Crippen molar-refractivity contribution in [1.29, 1.82) is 0 Å².